The molecule has 0 radical (unpaired) electrons. The minimum Gasteiger partial charge on any atom is -0.397 e. The van der Waals surface area contributed by atoms with Crippen LogP contribution in [0.2, 0.25) is 0 Å². The Hall–Kier alpha value is -2.40. The first-order valence-corrected chi connectivity index (χ1v) is 11.3. The highest BCUT2D eigenvalue weighted by atomic mass is 32.1. The van der Waals surface area contributed by atoms with Crippen LogP contribution in [0.4, 0.5) is 11.4 Å². The van der Waals surface area contributed by atoms with Gasteiger partial charge in [0.25, 0.3) is 5.91 Å². The summed E-state index contributed by atoms with van der Waals surface area (Å²) in [5.74, 6) is 0.120. The molecule has 1 aromatic heterocycles. The van der Waals surface area contributed by atoms with Crippen molar-refractivity contribution < 1.29 is 13.9 Å². The first-order chi connectivity index (χ1) is 14.1. The number of nitrogens with one attached hydrogen (secondary N) is 1. The van der Waals surface area contributed by atoms with Gasteiger partial charge >= 0.3 is 0 Å². The average molecular weight is 428 g/mol. The van der Waals surface area contributed by atoms with Gasteiger partial charge in [-0.2, -0.15) is 0 Å². The van der Waals surface area contributed by atoms with Crippen molar-refractivity contribution in [2.24, 2.45) is 0 Å². The molecule has 29 heavy (non-hydrogen) atoms. The maximum Gasteiger partial charge on any atom is 0.255 e. The summed E-state index contributed by atoms with van der Waals surface area (Å²) >= 11 is 1.64. The quantitative estimate of drug-likeness (QED) is 0.256. The maximum atomic E-state index is 12.7. The van der Waals surface area contributed by atoms with E-state index in [0.717, 1.165) is 28.8 Å². The van der Waals surface area contributed by atoms with Crippen molar-refractivity contribution in [2.75, 3.05) is 17.7 Å². The van der Waals surface area contributed by atoms with Crippen molar-refractivity contribution in [3.05, 3.63) is 71.1 Å². The van der Waals surface area contributed by atoms with Gasteiger partial charge in [-0.15, -0.1) is 11.3 Å². The van der Waals surface area contributed by atoms with E-state index in [0.29, 0.717) is 29.5 Å². The second kappa shape index (κ2) is 10.4. The van der Waals surface area contributed by atoms with Crippen LogP contribution in [-0.4, -0.2) is 12.5 Å². The third-order valence-electron chi connectivity index (χ3n) is 4.90. The summed E-state index contributed by atoms with van der Waals surface area (Å²) in [7, 11) is -1.16. The molecule has 3 aromatic rings. The maximum absolute atomic E-state index is 12.7. The van der Waals surface area contributed by atoms with Crippen molar-refractivity contribution in [1.82, 2.24) is 0 Å². The lowest BCUT2D eigenvalue weighted by molar-refractivity contribution is 0.102. The molecule has 2 unspecified atom stereocenters. The Morgan fingerprint density at radius 3 is 2.66 bits per heavy atom. The molecule has 0 aliphatic carbocycles. The molecule has 3 rings (SSSR count). The number of nitrogen functional groups attached to an aromatic ring is 1. The molecule has 2 atom stereocenters. The number of thiophene rings is 1. The van der Waals surface area contributed by atoms with Gasteiger partial charge < -0.3 is 15.6 Å². The predicted molar refractivity (Wildman–Crippen MR) is 123 cm³/mol. The second-order valence-electron chi connectivity index (χ2n) is 6.72. The van der Waals surface area contributed by atoms with E-state index in [1.807, 2.05) is 60.0 Å². The number of benzene rings is 2. The van der Waals surface area contributed by atoms with Crippen LogP contribution >= 0.6 is 20.0 Å². The van der Waals surface area contributed by atoms with E-state index >= 15 is 0 Å². The molecule has 0 saturated carbocycles. The van der Waals surface area contributed by atoms with Gasteiger partial charge in [0, 0.05) is 10.4 Å². The van der Waals surface area contributed by atoms with Crippen LogP contribution in [0.15, 0.2) is 60.0 Å². The van der Waals surface area contributed by atoms with E-state index in [4.69, 9.17) is 10.3 Å². The Labute approximate surface area is 176 Å². The van der Waals surface area contributed by atoms with Crippen LogP contribution in [0.1, 0.15) is 41.6 Å². The number of carbonyl (C=O) groups is 1. The molecule has 1 heterocycles. The van der Waals surface area contributed by atoms with Gasteiger partial charge in [-0.3, -0.25) is 9.36 Å². The Morgan fingerprint density at radius 2 is 2.00 bits per heavy atom. The smallest absolute Gasteiger partial charge is 0.255 e. The van der Waals surface area contributed by atoms with Crippen LogP contribution in [0, 0.1) is 0 Å². The van der Waals surface area contributed by atoms with E-state index < -0.39 is 8.69 Å². The normalized spacial score (nSPS) is 12.3. The van der Waals surface area contributed by atoms with E-state index in [9.17, 15) is 9.36 Å². The highest BCUT2D eigenvalue weighted by Gasteiger charge is 2.13. The van der Waals surface area contributed by atoms with Crippen LogP contribution in [0.25, 0.3) is 10.4 Å². The third-order valence-corrected chi connectivity index (χ3v) is 6.19. The summed E-state index contributed by atoms with van der Waals surface area (Å²) in [6, 6.07) is 17.3. The summed E-state index contributed by atoms with van der Waals surface area (Å²) in [5.41, 5.74) is 9.94. The highest BCUT2D eigenvalue weighted by molar-refractivity contribution is 7.17. The standard InChI is InChI=1S/C22H25N2O3PS/c1-2-15(11-12-27-28-26)16-5-7-17(8-6-16)22(25)24-20-14-18(9-10-19(20)23)21-4-3-13-29-21/h3-10,13-15H,2,11-12,23,28H2,1H3,(H,24,25). The molecule has 152 valence electrons. The number of hydrogen-bond acceptors (Lipinski definition) is 5. The molecule has 0 aliphatic rings. The van der Waals surface area contributed by atoms with Crippen molar-refractivity contribution in [3.63, 3.8) is 0 Å². The Balaban J connectivity index is 1.71. The lowest BCUT2D eigenvalue weighted by Crippen LogP contribution is -2.13. The Morgan fingerprint density at radius 1 is 1.21 bits per heavy atom. The fourth-order valence-corrected chi connectivity index (χ4v) is 4.18. The van der Waals surface area contributed by atoms with Crippen molar-refractivity contribution >= 4 is 37.3 Å². The fourth-order valence-electron chi connectivity index (χ4n) is 3.23. The number of nitrogens with two attached hydrogens (primary N) is 1. The third kappa shape index (κ3) is 5.57. The molecule has 5 nitrogen and oxygen atoms in total. The number of carbonyl (C=O) groups excluding carboxylic acids is 1. The minimum atomic E-state index is -1.16. The van der Waals surface area contributed by atoms with Crippen molar-refractivity contribution in [3.8, 4) is 10.4 Å². The summed E-state index contributed by atoms with van der Waals surface area (Å²) in [5, 5.41) is 4.94. The molecular weight excluding hydrogens is 403 g/mol. The molecule has 0 fully saturated rings. The van der Waals surface area contributed by atoms with Gasteiger partial charge in [0.05, 0.1) is 18.0 Å². The zero-order valence-corrected chi connectivity index (χ0v) is 18.2. The van der Waals surface area contributed by atoms with Gasteiger partial charge in [0.1, 0.15) is 0 Å². The van der Waals surface area contributed by atoms with Crippen LogP contribution < -0.4 is 11.1 Å². The topological polar surface area (TPSA) is 81.4 Å². The van der Waals surface area contributed by atoms with Crippen molar-refractivity contribution in [1.29, 1.82) is 0 Å². The first-order valence-electron chi connectivity index (χ1n) is 9.52. The largest absolute Gasteiger partial charge is 0.397 e. The molecule has 1 amide bonds. The van der Waals surface area contributed by atoms with Crippen LogP contribution in [-0.2, 0) is 9.09 Å². The summed E-state index contributed by atoms with van der Waals surface area (Å²) < 4.78 is 15.5. The van der Waals surface area contributed by atoms with Gasteiger partial charge in [0.2, 0.25) is 0 Å². The van der Waals surface area contributed by atoms with Gasteiger partial charge in [-0.1, -0.05) is 31.2 Å². The van der Waals surface area contributed by atoms with Crippen LogP contribution in [0.5, 0.6) is 0 Å². The molecule has 0 spiro atoms. The highest BCUT2D eigenvalue weighted by Crippen LogP contribution is 2.30. The number of rotatable bonds is 9. The first kappa shape index (κ1) is 21.3. The van der Waals surface area contributed by atoms with Crippen LogP contribution in [0.3, 0.4) is 0 Å². The average Bonchev–Trinajstić information content (AvgIpc) is 3.28. The number of anilines is 2. The Kier molecular flexibility index (Phi) is 7.64. The second-order valence-corrected chi connectivity index (χ2v) is 8.19. The molecule has 7 heteroatoms. The van der Waals surface area contributed by atoms with E-state index in [2.05, 4.69) is 12.2 Å². The summed E-state index contributed by atoms with van der Waals surface area (Å²) in [6.07, 6.45) is 1.76. The van der Waals surface area contributed by atoms with Gasteiger partial charge in [0.15, 0.2) is 8.69 Å². The molecule has 0 bridgehead atoms. The van der Waals surface area contributed by atoms with Gasteiger partial charge in [-0.25, -0.2) is 0 Å². The minimum absolute atomic E-state index is 0.196. The lowest BCUT2D eigenvalue weighted by atomic mass is 9.93. The molecular formula is C22H25N2O3PS. The Bertz CT molecular complexity index is 959. The van der Waals surface area contributed by atoms with Gasteiger partial charge in [-0.05, 0) is 65.6 Å². The lowest BCUT2D eigenvalue weighted by Gasteiger charge is -2.15. The fraction of sp³-hybridized carbons (Fsp3) is 0.227. The van der Waals surface area contributed by atoms with Crippen molar-refractivity contribution in [2.45, 2.75) is 25.7 Å². The zero-order chi connectivity index (χ0) is 20.6. The van der Waals surface area contributed by atoms with E-state index in [-0.39, 0.29) is 5.91 Å². The molecule has 3 N–H and O–H groups in total. The predicted octanol–water partition coefficient (Wildman–Crippen LogP) is 5.82. The number of hydrogen-bond donors (Lipinski definition) is 2. The molecule has 2 aromatic carbocycles. The summed E-state index contributed by atoms with van der Waals surface area (Å²) in [4.78, 5) is 13.8. The van der Waals surface area contributed by atoms with E-state index in [1.54, 1.807) is 11.3 Å². The SMILES string of the molecule is CCC(CCO[PH2]=O)c1ccc(C(=O)Nc2cc(-c3cccs3)ccc2N)cc1. The molecule has 0 aliphatic heterocycles. The monoisotopic (exact) mass is 428 g/mol. The molecule has 0 saturated heterocycles. The number of amides is 1. The van der Waals surface area contributed by atoms with E-state index in [1.165, 1.54) is 0 Å². The zero-order valence-electron chi connectivity index (χ0n) is 16.3. The summed E-state index contributed by atoms with van der Waals surface area (Å²) in [6.45, 7) is 2.60.